The number of aromatic nitrogens is 4. The summed E-state index contributed by atoms with van der Waals surface area (Å²) >= 11 is 0. The van der Waals surface area contributed by atoms with Crippen molar-refractivity contribution in [1.29, 1.82) is 0 Å². The van der Waals surface area contributed by atoms with Crippen molar-refractivity contribution in [2.24, 2.45) is 0 Å². The largest absolute Gasteiger partial charge is 0.352 e. The van der Waals surface area contributed by atoms with E-state index in [0.29, 0.717) is 18.1 Å². The van der Waals surface area contributed by atoms with Crippen LogP contribution < -0.4 is 10.9 Å². The van der Waals surface area contributed by atoms with Gasteiger partial charge in [0.1, 0.15) is 17.0 Å². The first-order chi connectivity index (χ1) is 12.5. The smallest absolute Gasteiger partial charge is 0.270 e. The van der Waals surface area contributed by atoms with Crippen molar-refractivity contribution in [3.8, 4) is 0 Å². The van der Waals surface area contributed by atoms with Gasteiger partial charge in [0.2, 0.25) is 0 Å². The summed E-state index contributed by atoms with van der Waals surface area (Å²) < 4.78 is 3.50. The van der Waals surface area contributed by atoms with Crippen LogP contribution in [0.3, 0.4) is 0 Å². The molecule has 3 heterocycles. The zero-order valence-electron chi connectivity index (χ0n) is 15.3. The van der Waals surface area contributed by atoms with Gasteiger partial charge in [-0.1, -0.05) is 19.9 Å². The molecule has 0 aliphatic heterocycles. The van der Waals surface area contributed by atoms with E-state index in [2.05, 4.69) is 33.7 Å². The van der Waals surface area contributed by atoms with Crippen LogP contribution in [-0.4, -0.2) is 31.4 Å². The monoisotopic (exact) mass is 353 g/mol. The van der Waals surface area contributed by atoms with E-state index in [1.807, 2.05) is 19.2 Å². The molecular weight excluding hydrogens is 330 g/mol. The lowest BCUT2D eigenvalue weighted by atomic mass is 10.2. The molecule has 0 bridgehead atoms. The first kappa shape index (κ1) is 17.8. The molecule has 0 spiro atoms. The molecule has 0 saturated heterocycles. The van der Waals surface area contributed by atoms with Gasteiger partial charge in [-0.05, 0) is 25.0 Å². The maximum absolute atomic E-state index is 12.5. The van der Waals surface area contributed by atoms with Crippen molar-refractivity contribution in [2.75, 3.05) is 6.54 Å². The van der Waals surface area contributed by atoms with Gasteiger partial charge in [0.15, 0.2) is 0 Å². The number of nitrogens with zero attached hydrogens (tertiary/aromatic N) is 4. The molecule has 3 aromatic heterocycles. The van der Waals surface area contributed by atoms with Gasteiger partial charge in [0.05, 0.1) is 0 Å². The number of rotatable bonds is 6. The lowest BCUT2D eigenvalue weighted by molar-refractivity contribution is 0.0950. The number of carbonyl (C=O) groups is 1. The summed E-state index contributed by atoms with van der Waals surface area (Å²) in [5, 5.41) is 2.80. The standard InChI is InChI=1S/C19H23N5O2/c1-13(2)16-20-8-11-23(16)9-5-7-21-18(25)15-12-22-17-14(3)6-4-10-24(17)19(15)26/h4,6,8,10-13H,5,7,9H2,1-3H3,(H,21,25). The highest BCUT2D eigenvalue weighted by Gasteiger charge is 2.13. The normalized spacial score (nSPS) is 11.2. The molecule has 3 aromatic rings. The van der Waals surface area contributed by atoms with Crippen LogP contribution in [0.25, 0.3) is 5.65 Å². The number of nitrogens with one attached hydrogen (secondary N) is 1. The lowest BCUT2D eigenvalue weighted by Gasteiger charge is -2.11. The van der Waals surface area contributed by atoms with Crippen molar-refractivity contribution in [1.82, 2.24) is 24.3 Å². The maximum atomic E-state index is 12.5. The molecular formula is C19H23N5O2. The van der Waals surface area contributed by atoms with Gasteiger partial charge in [-0.2, -0.15) is 0 Å². The summed E-state index contributed by atoms with van der Waals surface area (Å²) in [5.41, 5.74) is 1.15. The quantitative estimate of drug-likeness (QED) is 0.689. The molecule has 0 fully saturated rings. The van der Waals surface area contributed by atoms with E-state index < -0.39 is 5.91 Å². The molecule has 7 nitrogen and oxygen atoms in total. The molecule has 0 aromatic carbocycles. The Balaban J connectivity index is 1.64. The van der Waals surface area contributed by atoms with Crippen LogP contribution in [0.5, 0.6) is 0 Å². The van der Waals surface area contributed by atoms with E-state index >= 15 is 0 Å². The zero-order chi connectivity index (χ0) is 18.7. The Morgan fingerprint density at radius 2 is 2.08 bits per heavy atom. The Morgan fingerprint density at radius 3 is 2.85 bits per heavy atom. The van der Waals surface area contributed by atoms with Gasteiger partial charge in [-0.3, -0.25) is 14.0 Å². The molecule has 7 heteroatoms. The number of carbonyl (C=O) groups excluding carboxylic acids is 1. The Hall–Kier alpha value is -2.96. The van der Waals surface area contributed by atoms with Crippen molar-refractivity contribution in [3.63, 3.8) is 0 Å². The van der Waals surface area contributed by atoms with E-state index in [9.17, 15) is 9.59 Å². The van der Waals surface area contributed by atoms with Crippen LogP contribution in [0.4, 0.5) is 0 Å². The van der Waals surface area contributed by atoms with Gasteiger partial charge < -0.3 is 9.88 Å². The minimum atomic E-state index is -0.395. The minimum Gasteiger partial charge on any atom is -0.352 e. The molecule has 1 amide bonds. The highest BCUT2D eigenvalue weighted by atomic mass is 16.2. The summed E-state index contributed by atoms with van der Waals surface area (Å²) in [4.78, 5) is 33.5. The predicted octanol–water partition coefficient (Wildman–Crippen LogP) is 2.14. The average Bonchev–Trinajstić information content (AvgIpc) is 3.08. The van der Waals surface area contributed by atoms with Crippen molar-refractivity contribution >= 4 is 11.6 Å². The predicted molar refractivity (Wildman–Crippen MR) is 99.5 cm³/mol. The summed E-state index contributed by atoms with van der Waals surface area (Å²) in [6, 6.07) is 3.65. The first-order valence-electron chi connectivity index (χ1n) is 8.75. The molecule has 0 saturated carbocycles. The highest BCUT2D eigenvalue weighted by Crippen LogP contribution is 2.11. The molecule has 0 aliphatic carbocycles. The molecule has 0 unspecified atom stereocenters. The Bertz CT molecular complexity index is 987. The number of imidazole rings is 1. The van der Waals surface area contributed by atoms with E-state index in [1.165, 1.54) is 10.6 Å². The fourth-order valence-electron chi connectivity index (χ4n) is 2.96. The van der Waals surface area contributed by atoms with Gasteiger partial charge >= 0.3 is 0 Å². The second kappa shape index (κ2) is 7.51. The summed E-state index contributed by atoms with van der Waals surface area (Å²) in [6.07, 6.45) is 7.47. The van der Waals surface area contributed by atoms with Crippen molar-refractivity contribution in [3.05, 3.63) is 64.2 Å². The minimum absolute atomic E-state index is 0.0543. The average molecular weight is 353 g/mol. The number of pyridine rings is 1. The van der Waals surface area contributed by atoms with Gasteiger partial charge in [-0.15, -0.1) is 0 Å². The van der Waals surface area contributed by atoms with Gasteiger partial charge in [0.25, 0.3) is 11.5 Å². The molecule has 26 heavy (non-hydrogen) atoms. The Kier molecular flexibility index (Phi) is 5.16. The lowest BCUT2D eigenvalue weighted by Crippen LogP contribution is -2.32. The van der Waals surface area contributed by atoms with Gasteiger partial charge in [0, 0.05) is 43.8 Å². The fourth-order valence-corrected chi connectivity index (χ4v) is 2.96. The van der Waals surface area contributed by atoms with Crippen molar-refractivity contribution < 1.29 is 4.79 Å². The third kappa shape index (κ3) is 3.51. The molecule has 3 rings (SSSR count). The molecule has 0 aliphatic rings. The van der Waals surface area contributed by atoms with Crippen LogP contribution >= 0.6 is 0 Å². The number of hydrogen-bond acceptors (Lipinski definition) is 4. The number of aryl methyl sites for hydroxylation is 2. The van der Waals surface area contributed by atoms with E-state index in [-0.39, 0.29) is 11.1 Å². The highest BCUT2D eigenvalue weighted by molar-refractivity contribution is 5.93. The second-order valence-corrected chi connectivity index (χ2v) is 6.60. The SMILES string of the molecule is Cc1cccn2c(=O)c(C(=O)NCCCn3ccnc3C(C)C)cnc12. The number of hydrogen-bond donors (Lipinski definition) is 1. The molecule has 1 N–H and O–H groups in total. The van der Waals surface area contributed by atoms with E-state index in [1.54, 1.807) is 18.5 Å². The van der Waals surface area contributed by atoms with E-state index in [0.717, 1.165) is 24.4 Å². The van der Waals surface area contributed by atoms with Crippen LogP contribution in [0.1, 0.15) is 47.9 Å². The molecule has 0 atom stereocenters. The number of amides is 1. The fraction of sp³-hybridized carbons (Fsp3) is 0.368. The second-order valence-electron chi connectivity index (χ2n) is 6.60. The van der Waals surface area contributed by atoms with Crippen LogP contribution in [0, 0.1) is 6.92 Å². The zero-order valence-corrected chi connectivity index (χ0v) is 15.3. The summed E-state index contributed by atoms with van der Waals surface area (Å²) in [5.74, 6) is 0.989. The summed E-state index contributed by atoms with van der Waals surface area (Å²) in [6.45, 7) is 7.32. The van der Waals surface area contributed by atoms with Gasteiger partial charge in [-0.25, -0.2) is 9.97 Å². The Labute approximate surface area is 151 Å². The topological polar surface area (TPSA) is 81.3 Å². The van der Waals surface area contributed by atoms with E-state index in [4.69, 9.17) is 0 Å². The third-order valence-electron chi connectivity index (χ3n) is 4.30. The van der Waals surface area contributed by atoms with Crippen LogP contribution in [-0.2, 0) is 6.54 Å². The first-order valence-corrected chi connectivity index (χ1v) is 8.75. The van der Waals surface area contributed by atoms with Crippen LogP contribution in [0.2, 0.25) is 0 Å². The summed E-state index contributed by atoms with van der Waals surface area (Å²) in [7, 11) is 0. The Morgan fingerprint density at radius 1 is 1.27 bits per heavy atom. The van der Waals surface area contributed by atoms with Crippen LogP contribution in [0.15, 0.2) is 41.7 Å². The third-order valence-corrected chi connectivity index (χ3v) is 4.30. The maximum Gasteiger partial charge on any atom is 0.270 e. The molecule has 0 radical (unpaired) electrons. The number of fused-ring (bicyclic) bond motifs is 1. The van der Waals surface area contributed by atoms with Crippen molar-refractivity contribution in [2.45, 2.75) is 39.7 Å². The molecule has 136 valence electrons.